The lowest BCUT2D eigenvalue weighted by Crippen LogP contribution is -2.47. The first kappa shape index (κ1) is 19.9. The van der Waals surface area contributed by atoms with E-state index in [1.54, 1.807) is 12.3 Å². The zero-order chi connectivity index (χ0) is 19.8. The Kier molecular flexibility index (Phi) is 5.35. The summed E-state index contributed by atoms with van der Waals surface area (Å²) >= 11 is 5.86. The van der Waals surface area contributed by atoms with E-state index < -0.39 is 19.9 Å². The highest BCUT2D eigenvalue weighted by Crippen LogP contribution is 2.29. The van der Waals surface area contributed by atoms with Gasteiger partial charge in [0.2, 0.25) is 10.0 Å². The van der Waals surface area contributed by atoms with Crippen molar-refractivity contribution in [3.05, 3.63) is 41.6 Å². The third-order valence-corrected chi connectivity index (χ3v) is 6.58. The van der Waals surface area contributed by atoms with Crippen molar-refractivity contribution < 1.29 is 16.8 Å². The summed E-state index contributed by atoms with van der Waals surface area (Å²) in [4.78, 5) is 8.01. The van der Waals surface area contributed by atoms with E-state index in [4.69, 9.17) is 16.7 Å². The van der Waals surface area contributed by atoms with Crippen LogP contribution in [0.3, 0.4) is 0 Å². The minimum Gasteiger partial charge on any atom is -0.367 e. The molecule has 1 fully saturated rings. The molecule has 11 heteroatoms. The summed E-state index contributed by atoms with van der Waals surface area (Å²) in [5.74, 6) is 0.798. The Morgan fingerprint density at radius 2 is 1.63 bits per heavy atom. The van der Waals surface area contributed by atoms with Gasteiger partial charge < -0.3 is 9.80 Å². The molecule has 1 aromatic carbocycles. The number of benzene rings is 1. The number of anilines is 2. The lowest BCUT2D eigenvalue weighted by atomic mass is 10.2. The molecule has 1 aliphatic heterocycles. The van der Waals surface area contributed by atoms with Crippen molar-refractivity contribution in [2.45, 2.75) is 9.79 Å². The number of hydrogen-bond acceptors (Lipinski definition) is 7. The van der Waals surface area contributed by atoms with Gasteiger partial charge in [-0.15, -0.1) is 0 Å². The van der Waals surface area contributed by atoms with Crippen LogP contribution in [-0.2, 0) is 19.9 Å². The topological polar surface area (TPSA) is 114 Å². The third kappa shape index (κ3) is 4.52. The Morgan fingerprint density at radius 3 is 2.15 bits per heavy atom. The third-order valence-electron chi connectivity index (χ3n) is 4.32. The number of nitrogens with zero attached hydrogens (tertiary/aromatic N) is 3. The maximum absolute atomic E-state index is 12.2. The molecule has 0 amide bonds. The zero-order valence-corrected chi connectivity index (χ0v) is 16.9. The van der Waals surface area contributed by atoms with Crippen LogP contribution >= 0.6 is 11.6 Å². The molecule has 0 bridgehead atoms. The average molecular weight is 431 g/mol. The Morgan fingerprint density at radius 1 is 1.00 bits per heavy atom. The lowest BCUT2D eigenvalue weighted by Gasteiger charge is -2.37. The van der Waals surface area contributed by atoms with Crippen LogP contribution < -0.4 is 14.9 Å². The summed E-state index contributed by atoms with van der Waals surface area (Å²) in [7, 11) is -7.63. The number of nitrogens with two attached hydrogens (primary N) is 1. The Balaban J connectivity index is 1.86. The molecule has 1 saturated heterocycles. The SMILES string of the molecule is CS(=O)(=O)c1cc(S(N)(=O)=O)ccc1N1CCN(c2ccc(Cl)cn2)CC1. The standard InChI is InChI=1S/C16H19ClN4O4S2/c1-26(22,23)15-10-13(27(18,24)25)3-4-14(15)20-6-8-21(9-7-20)16-5-2-12(17)11-19-16/h2-5,10-11H,6-9H2,1H3,(H2,18,24,25). The minimum absolute atomic E-state index is 0.0490. The number of halogens is 1. The molecule has 0 unspecified atom stereocenters. The largest absolute Gasteiger partial charge is 0.367 e. The van der Waals surface area contributed by atoms with Crippen molar-refractivity contribution in [3.63, 3.8) is 0 Å². The van der Waals surface area contributed by atoms with Crippen LogP contribution in [0.1, 0.15) is 0 Å². The average Bonchev–Trinajstić information content (AvgIpc) is 2.60. The zero-order valence-electron chi connectivity index (χ0n) is 14.5. The van der Waals surface area contributed by atoms with Gasteiger partial charge in [-0.3, -0.25) is 0 Å². The van der Waals surface area contributed by atoms with Gasteiger partial charge in [0.1, 0.15) is 5.82 Å². The monoisotopic (exact) mass is 430 g/mol. The highest BCUT2D eigenvalue weighted by atomic mass is 35.5. The Bertz CT molecular complexity index is 1050. The second-order valence-electron chi connectivity index (χ2n) is 6.26. The molecule has 1 aromatic heterocycles. The molecule has 27 heavy (non-hydrogen) atoms. The fraction of sp³-hybridized carbons (Fsp3) is 0.312. The van der Waals surface area contributed by atoms with Gasteiger partial charge >= 0.3 is 0 Å². The first-order valence-electron chi connectivity index (χ1n) is 8.04. The van der Waals surface area contributed by atoms with Gasteiger partial charge in [0.15, 0.2) is 9.84 Å². The van der Waals surface area contributed by atoms with Gasteiger partial charge in [-0.2, -0.15) is 0 Å². The number of primary sulfonamides is 1. The quantitative estimate of drug-likeness (QED) is 0.772. The maximum Gasteiger partial charge on any atom is 0.238 e. The Hall–Kier alpha value is -1.88. The van der Waals surface area contributed by atoms with E-state index in [1.165, 1.54) is 12.1 Å². The van der Waals surface area contributed by atoms with Crippen LogP contribution in [0.15, 0.2) is 46.3 Å². The van der Waals surface area contributed by atoms with Crippen molar-refractivity contribution in [2.75, 3.05) is 42.2 Å². The molecule has 2 aromatic rings. The van der Waals surface area contributed by atoms with Crippen LogP contribution in [0.25, 0.3) is 0 Å². The predicted octanol–water partition coefficient (Wildman–Crippen LogP) is 1.11. The van der Waals surface area contributed by atoms with Gasteiger partial charge in [0.25, 0.3) is 0 Å². The van der Waals surface area contributed by atoms with Crippen molar-refractivity contribution in [1.29, 1.82) is 0 Å². The molecule has 1 aliphatic rings. The number of rotatable bonds is 4. The highest BCUT2D eigenvalue weighted by molar-refractivity contribution is 7.91. The molecule has 2 heterocycles. The van der Waals surface area contributed by atoms with Crippen LogP contribution in [0.5, 0.6) is 0 Å². The van der Waals surface area contributed by atoms with Crippen molar-refractivity contribution in [1.82, 2.24) is 4.98 Å². The Labute approximate surface area is 163 Å². The van der Waals surface area contributed by atoms with Crippen molar-refractivity contribution in [3.8, 4) is 0 Å². The number of piperazine rings is 1. The van der Waals surface area contributed by atoms with E-state index >= 15 is 0 Å². The molecule has 146 valence electrons. The van der Waals surface area contributed by atoms with Gasteiger partial charge in [0, 0.05) is 38.6 Å². The maximum atomic E-state index is 12.2. The first-order chi connectivity index (χ1) is 12.6. The first-order valence-corrected chi connectivity index (χ1v) is 11.9. The van der Waals surface area contributed by atoms with Gasteiger partial charge in [0.05, 0.1) is 20.5 Å². The molecule has 8 nitrogen and oxygen atoms in total. The fourth-order valence-electron chi connectivity index (χ4n) is 2.96. The highest BCUT2D eigenvalue weighted by Gasteiger charge is 2.25. The van der Waals surface area contributed by atoms with E-state index in [1.807, 2.05) is 11.0 Å². The summed E-state index contributed by atoms with van der Waals surface area (Å²) in [5.41, 5.74) is 0.466. The minimum atomic E-state index is -3.99. The van der Waals surface area contributed by atoms with Crippen molar-refractivity contribution in [2.24, 2.45) is 5.14 Å². The number of hydrogen-bond donors (Lipinski definition) is 1. The number of aromatic nitrogens is 1. The number of sulfonamides is 1. The molecular formula is C16H19ClN4O4S2. The number of sulfone groups is 1. The molecule has 0 spiro atoms. The van der Waals surface area contributed by atoms with Crippen molar-refractivity contribution >= 4 is 43.0 Å². The van der Waals surface area contributed by atoms with Crippen LogP contribution in [0.4, 0.5) is 11.5 Å². The van der Waals surface area contributed by atoms with Crippen LogP contribution in [0, 0.1) is 0 Å². The van der Waals surface area contributed by atoms with Gasteiger partial charge in [-0.1, -0.05) is 11.6 Å². The summed E-state index contributed by atoms with van der Waals surface area (Å²) in [5, 5.41) is 5.69. The summed E-state index contributed by atoms with van der Waals surface area (Å²) in [6.45, 7) is 2.38. The smallest absolute Gasteiger partial charge is 0.238 e. The molecule has 2 N–H and O–H groups in total. The molecular weight excluding hydrogens is 412 g/mol. The molecule has 3 rings (SSSR count). The molecule has 0 radical (unpaired) electrons. The second kappa shape index (κ2) is 7.27. The fourth-order valence-corrected chi connectivity index (χ4v) is 4.61. The van der Waals surface area contributed by atoms with E-state index in [9.17, 15) is 16.8 Å². The normalized spacial score (nSPS) is 15.8. The second-order valence-corrected chi connectivity index (χ2v) is 10.2. The van der Waals surface area contributed by atoms with E-state index in [0.29, 0.717) is 36.9 Å². The van der Waals surface area contributed by atoms with E-state index in [-0.39, 0.29) is 9.79 Å². The molecule has 0 aliphatic carbocycles. The van der Waals surface area contributed by atoms with Crippen LogP contribution in [0.2, 0.25) is 5.02 Å². The predicted molar refractivity (Wildman–Crippen MR) is 105 cm³/mol. The van der Waals surface area contributed by atoms with Gasteiger partial charge in [-0.25, -0.2) is 27.0 Å². The van der Waals surface area contributed by atoms with E-state index in [0.717, 1.165) is 18.1 Å². The number of pyridine rings is 1. The van der Waals surface area contributed by atoms with Crippen LogP contribution in [-0.4, -0.2) is 54.3 Å². The molecule has 0 saturated carbocycles. The lowest BCUT2D eigenvalue weighted by molar-refractivity contribution is 0.596. The van der Waals surface area contributed by atoms with E-state index in [2.05, 4.69) is 9.88 Å². The summed E-state index contributed by atoms with van der Waals surface area (Å²) < 4.78 is 47.5. The summed E-state index contributed by atoms with van der Waals surface area (Å²) in [6, 6.07) is 7.54. The van der Waals surface area contributed by atoms with Gasteiger partial charge in [-0.05, 0) is 30.3 Å². The molecule has 0 atom stereocenters. The summed E-state index contributed by atoms with van der Waals surface area (Å²) in [6.07, 6.45) is 2.63.